The Hall–Kier alpha value is -1.47. The zero-order chi connectivity index (χ0) is 12.1. The quantitative estimate of drug-likeness (QED) is 0.618. The lowest BCUT2D eigenvalue weighted by molar-refractivity contribution is 0.441. The van der Waals surface area contributed by atoms with Gasteiger partial charge in [-0.25, -0.2) is 13.2 Å². The summed E-state index contributed by atoms with van der Waals surface area (Å²) in [6.07, 6.45) is 0.414. The van der Waals surface area contributed by atoms with Crippen LogP contribution in [-0.4, -0.2) is 7.05 Å². The van der Waals surface area contributed by atoms with Crippen LogP contribution in [0.3, 0.4) is 0 Å². The Balaban J connectivity index is 3.04. The lowest BCUT2D eigenvalue weighted by Crippen LogP contribution is -2.16. The van der Waals surface area contributed by atoms with Crippen molar-refractivity contribution in [2.45, 2.75) is 19.4 Å². The maximum Gasteiger partial charge on any atom is 0.194 e. The molecule has 1 nitrogen and oxygen atoms in total. The van der Waals surface area contributed by atoms with Crippen LogP contribution in [0.4, 0.5) is 13.2 Å². The first-order valence-corrected chi connectivity index (χ1v) is 4.81. The molecule has 0 radical (unpaired) electrons. The van der Waals surface area contributed by atoms with Crippen LogP contribution < -0.4 is 5.32 Å². The summed E-state index contributed by atoms with van der Waals surface area (Å²) in [5, 5.41) is 2.87. The molecule has 0 saturated heterocycles. The van der Waals surface area contributed by atoms with Crippen molar-refractivity contribution >= 4 is 0 Å². The van der Waals surface area contributed by atoms with Crippen molar-refractivity contribution in [3.8, 4) is 11.8 Å². The average Bonchev–Trinajstić information content (AvgIpc) is 2.26. The molecular formula is C12H12F3N. The molecule has 0 bridgehead atoms. The van der Waals surface area contributed by atoms with E-state index in [0.717, 1.165) is 12.1 Å². The molecule has 1 aromatic rings. The Morgan fingerprint density at radius 1 is 1.25 bits per heavy atom. The number of hydrogen-bond donors (Lipinski definition) is 1. The monoisotopic (exact) mass is 227 g/mol. The van der Waals surface area contributed by atoms with Gasteiger partial charge in [-0.3, -0.25) is 0 Å². The predicted octanol–water partition coefficient (Wildman–Crippen LogP) is 2.78. The van der Waals surface area contributed by atoms with Crippen molar-refractivity contribution in [3.05, 3.63) is 35.1 Å². The molecule has 0 spiro atoms. The Labute approximate surface area is 92.7 Å². The Morgan fingerprint density at radius 3 is 2.25 bits per heavy atom. The summed E-state index contributed by atoms with van der Waals surface area (Å²) in [6.45, 7) is 1.68. The van der Waals surface area contributed by atoms with E-state index in [-0.39, 0.29) is 6.04 Å². The summed E-state index contributed by atoms with van der Waals surface area (Å²) in [5.74, 6) is 1.69. The van der Waals surface area contributed by atoms with E-state index in [0.29, 0.717) is 12.0 Å². The van der Waals surface area contributed by atoms with Crippen molar-refractivity contribution in [1.82, 2.24) is 5.32 Å². The van der Waals surface area contributed by atoms with Gasteiger partial charge in [-0.05, 0) is 31.7 Å². The van der Waals surface area contributed by atoms with Gasteiger partial charge in [0.2, 0.25) is 0 Å². The second-order valence-corrected chi connectivity index (χ2v) is 3.27. The average molecular weight is 227 g/mol. The first-order valence-electron chi connectivity index (χ1n) is 4.81. The highest BCUT2D eigenvalue weighted by Gasteiger charge is 2.15. The van der Waals surface area contributed by atoms with Crippen LogP contribution in [0.1, 0.15) is 24.9 Å². The molecule has 0 aliphatic carbocycles. The molecular weight excluding hydrogens is 215 g/mol. The van der Waals surface area contributed by atoms with Crippen LogP contribution in [0, 0.1) is 29.3 Å². The van der Waals surface area contributed by atoms with Gasteiger partial charge in [-0.15, -0.1) is 11.8 Å². The summed E-state index contributed by atoms with van der Waals surface area (Å²) < 4.78 is 38.7. The molecule has 1 unspecified atom stereocenters. The van der Waals surface area contributed by atoms with E-state index >= 15 is 0 Å². The fourth-order valence-corrected chi connectivity index (χ4v) is 1.37. The third-order valence-electron chi connectivity index (χ3n) is 2.24. The first kappa shape index (κ1) is 12.6. The molecule has 0 aromatic heterocycles. The number of rotatable bonds is 3. The normalized spacial score (nSPS) is 11.8. The van der Waals surface area contributed by atoms with E-state index in [9.17, 15) is 13.2 Å². The number of nitrogens with one attached hydrogen (secondary N) is 1. The lowest BCUT2D eigenvalue weighted by Gasteiger charge is -2.14. The number of halogens is 3. The van der Waals surface area contributed by atoms with Gasteiger partial charge >= 0.3 is 0 Å². The fraction of sp³-hybridized carbons (Fsp3) is 0.333. The van der Waals surface area contributed by atoms with Crippen molar-refractivity contribution in [1.29, 1.82) is 0 Å². The van der Waals surface area contributed by atoms with Gasteiger partial charge in [0.15, 0.2) is 17.5 Å². The molecule has 0 saturated carbocycles. The molecule has 1 N–H and O–H groups in total. The summed E-state index contributed by atoms with van der Waals surface area (Å²) in [6, 6.07) is 1.66. The zero-order valence-corrected chi connectivity index (χ0v) is 9.07. The van der Waals surface area contributed by atoms with Gasteiger partial charge < -0.3 is 5.32 Å². The van der Waals surface area contributed by atoms with Crippen LogP contribution >= 0.6 is 0 Å². The lowest BCUT2D eigenvalue weighted by atomic mass is 10.0. The van der Waals surface area contributed by atoms with E-state index in [2.05, 4.69) is 17.2 Å². The SMILES string of the molecule is CC#CCC(NC)c1cc(F)c(F)c(F)c1. The second kappa shape index (κ2) is 5.57. The molecule has 0 heterocycles. The van der Waals surface area contributed by atoms with Gasteiger partial charge in [0.1, 0.15) is 0 Å². The minimum absolute atomic E-state index is 0.308. The molecule has 0 amide bonds. The third-order valence-corrected chi connectivity index (χ3v) is 2.24. The minimum atomic E-state index is -1.44. The number of benzene rings is 1. The standard InChI is InChI=1S/C12H12F3N/c1-3-4-5-11(16-2)8-6-9(13)12(15)10(14)7-8/h6-7,11,16H,5H2,1-2H3. The molecule has 1 rings (SSSR count). The second-order valence-electron chi connectivity index (χ2n) is 3.27. The number of hydrogen-bond acceptors (Lipinski definition) is 1. The van der Waals surface area contributed by atoms with Crippen LogP contribution in [0.5, 0.6) is 0 Å². The van der Waals surface area contributed by atoms with E-state index < -0.39 is 17.5 Å². The van der Waals surface area contributed by atoms with Gasteiger partial charge in [0.05, 0.1) is 0 Å². The van der Waals surface area contributed by atoms with Gasteiger partial charge in [0.25, 0.3) is 0 Å². The van der Waals surface area contributed by atoms with Gasteiger partial charge in [-0.1, -0.05) is 0 Å². The fourth-order valence-electron chi connectivity index (χ4n) is 1.37. The van der Waals surface area contributed by atoms with E-state index in [1.165, 1.54) is 0 Å². The minimum Gasteiger partial charge on any atom is -0.312 e. The van der Waals surface area contributed by atoms with Crippen LogP contribution in [0.2, 0.25) is 0 Å². The van der Waals surface area contributed by atoms with Crippen molar-refractivity contribution in [3.63, 3.8) is 0 Å². The zero-order valence-electron chi connectivity index (χ0n) is 9.07. The van der Waals surface area contributed by atoms with Crippen LogP contribution in [-0.2, 0) is 0 Å². The molecule has 0 aliphatic heterocycles. The van der Waals surface area contributed by atoms with Crippen molar-refractivity contribution in [2.24, 2.45) is 0 Å². The Bertz CT molecular complexity index is 409. The van der Waals surface area contributed by atoms with E-state index in [1.807, 2.05) is 0 Å². The highest BCUT2D eigenvalue weighted by Crippen LogP contribution is 2.21. The summed E-state index contributed by atoms with van der Waals surface area (Å²) >= 11 is 0. The predicted molar refractivity (Wildman–Crippen MR) is 56.2 cm³/mol. The molecule has 0 fully saturated rings. The molecule has 1 aromatic carbocycles. The Morgan fingerprint density at radius 2 is 1.81 bits per heavy atom. The largest absolute Gasteiger partial charge is 0.312 e. The highest BCUT2D eigenvalue weighted by molar-refractivity contribution is 5.24. The summed E-state index contributed by atoms with van der Waals surface area (Å²) in [5.41, 5.74) is 0.349. The van der Waals surface area contributed by atoms with Gasteiger partial charge in [0, 0.05) is 12.5 Å². The van der Waals surface area contributed by atoms with Crippen LogP contribution in [0.25, 0.3) is 0 Å². The summed E-state index contributed by atoms with van der Waals surface area (Å²) in [7, 11) is 1.65. The maximum atomic E-state index is 13.0. The first-order chi connectivity index (χ1) is 7.60. The molecule has 1 atom stereocenters. The molecule has 4 heteroatoms. The smallest absolute Gasteiger partial charge is 0.194 e. The maximum absolute atomic E-state index is 13.0. The third kappa shape index (κ3) is 2.77. The van der Waals surface area contributed by atoms with E-state index in [1.54, 1.807) is 14.0 Å². The molecule has 16 heavy (non-hydrogen) atoms. The summed E-state index contributed by atoms with van der Waals surface area (Å²) in [4.78, 5) is 0. The van der Waals surface area contributed by atoms with Crippen molar-refractivity contribution < 1.29 is 13.2 Å². The topological polar surface area (TPSA) is 12.0 Å². The van der Waals surface area contributed by atoms with Crippen molar-refractivity contribution in [2.75, 3.05) is 7.05 Å². The Kier molecular flexibility index (Phi) is 4.39. The van der Waals surface area contributed by atoms with E-state index in [4.69, 9.17) is 0 Å². The van der Waals surface area contributed by atoms with Crippen LogP contribution in [0.15, 0.2) is 12.1 Å². The molecule has 0 aliphatic rings. The molecule has 86 valence electrons. The highest BCUT2D eigenvalue weighted by atomic mass is 19.2. The van der Waals surface area contributed by atoms with Gasteiger partial charge in [-0.2, -0.15) is 0 Å².